The van der Waals surface area contributed by atoms with Crippen LogP contribution in [0.1, 0.15) is 90.9 Å². The average molecular weight is 287 g/mol. The molecule has 0 saturated heterocycles. The number of hydrogen-bond acceptors (Lipinski definition) is 1. The van der Waals surface area contributed by atoms with Crippen molar-refractivity contribution >= 4 is 9.04 Å². The molecular weight excluding hydrogens is 248 g/mol. The standard InChI is InChI=1S/C17H38OSi/c1-4-6-8-10-12-14-16-19(18-3)17-15-13-11-9-7-5-2/h19H,4-17H2,1-3H3. The van der Waals surface area contributed by atoms with Crippen LogP contribution in [0.15, 0.2) is 0 Å². The Balaban J connectivity index is 3.30. The van der Waals surface area contributed by atoms with Gasteiger partial charge in [-0.2, -0.15) is 0 Å². The monoisotopic (exact) mass is 286 g/mol. The third-order valence-corrected chi connectivity index (χ3v) is 6.86. The second-order valence-electron chi connectivity index (χ2n) is 5.97. The molecule has 0 aromatic rings. The van der Waals surface area contributed by atoms with Crippen LogP contribution in [0.3, 0.4) is 0 Å². The first-order valence-electron chi connectivity index (χ1n) is 8.87. The van der Waals surface area contributed by atoms with Crippen molar-refractivity contribution in [3.8, 4) is 0 Å². The molecular formula is C17H38OSi. The van der Waals surface area contributed by atoms with Crippen molar-refractivity contribution in [1.29, 1.82) is 0 Å². The largest absolute Gasteiger partial charge is 0.423 e. The molecule has 0 bridgehead atoms. The van der Waals surface area contributed by atoms with E-state index >= 15 is 0 Å². The van der Waals surface area contributed by atoms with Crippen molar-refractivity contribution in [2.24, 2.45) is 0 Å². The van der Waals surface area contributed by atoms with Gasteiger partial charge < -0.3 is 4.43 Å². The van der Waals surface area contributed by atoms with Gasteiger partial charge in [-0.3, -0.25) is 0 Å². The van der Waals surface area contributed by atoms with E-state index in [1.807, 2.05) is 7.11 Å². The van der Waals surface area contributed by atoms with Gasteiger partial charge in [-0.1, -0.05) is 90.9 Å². The Labute approximate surface area is 124 Å². The zero-order chi connectivity index (χ0) is 14.2. The second kappa shape index (κ2) is 16.2. The Bertz CT molecular complexity index is 145. The summed E-state index contributed by atoms with van der Waals surface area (Å²) in [5.74, 6) is 0. The Morgan fingerprint density at radius 3 is 1.32 bits per heavy atom. The van der Waals surface area contributed by atoms with Gasteiger partial charge in [-0.15, -0.1) is 0 Å². The number of unbranched alkanes of at least 4 members (excludes halogenated alkanes) is 10. The van der Waals surface area contributed by atoms with Crippen molar-refractivity contribution in [3.63, 3.8) is 0 Å². The topological polar surface area (TPSA) is 9.23 Å². The molecule has 0 saturated carbocycles. The van der Waals surface area contributed by atoms with E-state index in [9.17, 15) is 0 Å². The molecule has 0 aliphatic carbocycles. The summed E-state index contributed by atoms with van der Waals surface area (Å²) in [6.07, 6.45) is 17.0. The third kappa shape index (κ3) is 14.4. The minimum absolute atomic E-state index is 0.831. The fourth-order valence-electron chi connectivity index (χ4n) is 2.68. The summed E-state index contributed by atoms with van der Waals surface area (Å²) in [6, 6.07) is 2.83. The van der Waals surface area contributed by atoms with E-state index in [1.54, 1.807) is 0 Å². The molecule has 0 aliphatic rings. The molecule has 1 nitrogen and oxygen atoms in total. The van der Waals surface area contributed by atoms with Crippen LogP contribution in [0.5, 0.6) is 0 Å². The van der Waals surface area contributed by atoms with Crippen molar-refractivity contribution in [1.82, 2.24) is 0 Å². The minimum Gasteiger partial charge on any atom is -0.423 e. The molecule has 116 valence electrons. The Kier molecular flexibility index (Phi) is 16.4. The zero-order valence-corrected chi connectivity index (χ0v) is 15.0. The van der Waals surface area contributed by atoms with E-state index in [1.165, 1.54) is 89.1 Å². The summed E-state index contributed by atoms with van der Waals surface area (Å²) in [7, 11) is 1.12. The summed E-state index contributed by atoms with van der Waals surface area (Å²) < 4.78 is 5.74. The summed E-state index contributed by atoms with van der Waals surface area (Å²) >= 11 is 0. The summed E-state index contributed by atoms with van der Waals surface area (Å²) in [5, 5.41) is 0. The lowest BCUT2D eigenvalue weighted by Crippen LogP contribution is -2.15. The molecule has 0 heterocycles. The van der Waals surface area contributed by atoms with E-state index in [-0.39, 0.29) is 0 Å². The highest BCUT2D eigenvalue weighted by Crippen LogP contribution is 2.15. The molecule has 0 unspecified atom stereocenters. The van der Waals surface area contributed by atoms with Crippen LogP contribution in [0, 0.1) is 0 Å². The Morgan fingerprint density at radius 1 is 0.579 bits per heavy atom. The van der Waals surface area contributed by atoms with Crippen LogP contribution in [0.25, 0.3) is 0 Å². The van der Waals surface area contributed by atoms with Gasteiger partial charge >= 0.3 is 0 Å². The Morgan fingerprint density at radius 2 is 0.947 bits per heavy atom. The Hall–Kier alpha value is 0.177. The van der Waals surface area contributed by atoms with E-state index in [0.29, 0.717) is 0 Å². The molecule has 0 aromatic carbocycles. The fraction of sp³-hybridized carbons (Fsp3) is 1.00. The first-order chi connectivity index (χ1) is 9.35. The van der Waals surface area contributed by atoms with Crippen LogP contribution in [0.2, 0.25) is 12.1 Å². The molecule has 2 heteroatoms. The lowest BCUT2D eigenvalue weighted by molar-refractivity contribution is 0.412. The quantitative estimate of drug-likeness (QED) is 0.262. The summed E-state index contributed by atoms with van der Waals surface area (Å²) in [6.45, 7) is 4.57. The normalized spacial score (nSPS) is 11.4. The molecule has 0 amide bonds. The van der Waals surface area contributed by atoms with Gasteiger partial charge in [-0.25, -0.2) is 0 Å². The smallest absolute Gasteiger partial charge is 0.176 e. The molecule has 0 atom stereocenters. The predicted octanol–water partition coefficient (Wildman–Crippen LogP) is 6.08. The lowest BCUT2D eigenvalue weighted by atomic mass is 10.1. The highest BCUT2D eigenvalue weighted by molar-refractivity contribution is 6.51. The SMILES string of the molecule is CCCCCCCC[SiH](CCCCCCCC)OC. The van der Waals surface area contributed by atoms with E-state index in [2.05, 4.69) is 13.8 Å². The molecule has 0 aromatic heterocycles. The molecule has 0 aliphatic heterocycles. The van der Waals surface area contributed by atoms with Crippen molar-refractivity contribution in [2.75, 3.05) is 7.11 Å². The van der Waals surface area contributed by atoms with Gasteiger partial charge in [0.1, 0.15) is 0 Å². The van der Waals surface area contributed by atoms with Crippen LogP contribution in [-0.2, 0) is 4.43 Å². The third-order valence-electron chi connectivity index (χ3n) is 4.09. The average Bonchev–Trinajstić information content (AvgIpc) is 2.44. The fourth-order valence-corrected chi connectivity index (χ4v) is 4.93. The van der Waals surface area contributed by atoms with Gasteiger partial charge in [-0.05, 0) is 12.1 Å². The van der Waals surface area contributed by atoms with Crippen molar-refractivity contribution in [3.05, 3.63) is 0 Å². The van der Waals surface area contributed by atoms with Crippen molar-refractivity contribution in [2.45, 2.75) is 103 Å². The first kappa shape index (κ1) is 19.2. The van der Waals surface area contributed by atoms with Gasteiger partial charge in [0.25, 0.3) is 0 Å². The summed E-state index contributed by atoms with van der Waals surface area (Å²) in [5.41, 5.74) is 0. The first-order valence-corrected chi connectivity index (χ1v) is 11.0. The van der Waals surface area contributed by atoms with E-state index in [0.717, 1.165) is 0 Å². The number of rotatable bonds is 15. The van der Waals surface area contributed by atoms with Crippen LogP contribution >= 0.6 is 0 Å². The predicted molar refractivity (Wildman–Crippen MR) is 90.5 cm³/mol. The molecule has 0 rings (SSSR count). The van der Waals surface area contributed by atoms with Gasteiger partial charge in [0.05, 0.1) is 0 Å². The summed E-state index contributed by atoms with van der Waals surface area (Å²) in [4.78, 5) is 0. The van der Waals surface area contributed by atoms with Crippen LogP contribution < -0.4 is 0 Å². The molecule has 0 fully saturated rings. The van der Waals surface area contributed by atoms with Crippen LogP contribution in [-0.4, -0.2) is 16.2 Å². The lowest BCUT2D eigenvalue weighted by Gasteiger charge is -2.13. The maximum Gasteiger partial charge on any atom is 0.176 e. The molecule has 0 radical (unpaired) electrons. The van der Waals surface area contributed by atoms with Gasteiger partial charge in [0.15, 0.2) is 9.04 Å². The van der Waals surface area contributed by atoms with Crippen LogP contribution in [0.4, 0.5) is 0 Å². The number of hydrogen-bond donors (Lipinski definition) is 0. The van der Waals surface area contributed by atoms with E-state index in [4.69, 9.17) is 4.43 Å². The maximum atomic E-state index is 5.74. The maximum absolute atomic E-state index is 5.74. The second-order valence-corrected chi connectivity index (χ2v) is 8.84. The highest BCUT2D eigenvalue weighted by atomic mass is 28.3. The van der Waals surface area contributed by atoms with Gasteiger partial charge in [0.2, 0.25) is 0 Å². The molecule has 0 spiro atoms. The highest BCUT2D eigenvalue weighted by Gasteiger charge is 2.09. The zero-order valence-electron chi connectivity index (χ0n) is 13.9. The van der Waals surface area contributed by atoms with E-state index < -0.39 is 9.04 Å². The van der Waals surface area contributed by atoms with Gasteiger partial charge in [0, 0.05) is 7.11 Å². The minimum atomic E-state index is -0.831. The molecule has 19 heavy (non-hydrogen) atoms. The van der Waals surface area contributed by atoms with Crippen molar-refractivity contribution < 1.29 is 4.43 Å². The molecule has 0 N–H and O–H groups in total.